The molecule has 1 aliphatic heterocycles. The summed E-state index contributed by atoms with van der Waals surface area (Å²) in [6.45, 7) is 2.13. The minimum atomic E-state index is -3.80. The highest BCUT2D eigenvalue weighted by atomic mass is 32.2. The Balaban J connectivity index is 1.54. The van der Waals surface area contributed by atoms with Crippen molar-refractivity contribution in [2.45, 2.75) is 11.8 Å². The van der Waals surface area contributed by atoms with Crippen molar-refractivity contribution in [3.8, 4) is 6.07 Å². The Morgan fingerprint density at radius 1 is 1.26 bits per heavy atom. The van der Waals surface area contributed by atoms with E-state index in [1.54, 1.807) is 31.2 Å². The second-order valence-corrected chi connectivity index (χ2v) is 9.54. The fraction of sp³-hybridized carbons (Fsp3) is 0.261. The van der Waals surface area contributed by atoms with Crippen LogP contribution in [0.5, 0.6) is 0 Å². The zero-order valence-electron chi connectivity index (χ0n) is 18.3. The van der Waals surface area contributed by atoms with E-state index < -0.39 is 28.4 Å². The minimum absolute atomic E-state index is 0.0355. The highest BCUT2D eigenvalue weighted by Gasteiger charge is 2.27. The molecule has 2 N–H and O–H groups in total. The number of nitrogens with zero attached hydrogens (tertiary/aromatic N) is 3. The smallest absolute Gasteiger partial charge is 0.338 e. The fourth-order valence-corrected chi connectivity index (χ4v) is 4.96. The number of ether oxygens (including phenoxy) is 2. The Hall–Kier alpha value is -3.72. The van der Waals surface area contributed by atoms with Gasteiger partial charge in [-0.15, -0.1) is 0 Å². The number of aryl methyl sites for hydroxylation is 1. The molecular formula is C23H22N4O6S. The number of aromatic nitrogens is 2. The Morgan fingerprint density at radius 3 is 2.71 bits per heavy atom. The summed E-state index contributed by atoms with van der Waals surface area (Å²) in [6, 6.07) is 13.2. The SMILES string of the molecule is Cc1ccc(S(=O)(=O)N2CCOCC2)cc1C(=O)OC/C(O)=C(\C#N)c1nc2ccccc2[nH]1. The van der Waals surface area contributed by atoms with Crippen molar-refractivity contribution in [3.05, 3.63) is 65.2 Å². The summed E-state index contributed by atoms with van der Waals surface area (Å²) in [5.41, 5.74) is 1.69. The van der Waals surface area contributed by atoms with Crippen molar-refractivity contribution in [1.82, 2.24) is 14.3 Å². The quantitative estimate of drug-likeness (QED) is 0.310. The summed E-state index contributed by atoms with van der Waals surface area (Å²) in [7, 11) is -3.80. The van der Waals surface area contributed by atoms with Crippen molar-refractivity contribution in [3.63, 3.8) is 0 Å². The first-order valence-corrected chi connectivity index (χ1v) is 11.9. The largest absolute Gasteiger partial charge is 0.507 e. The molecule has 3 aromatic rings. The maximum atomic E-state index is 12.9. The summed E-state index contributed by atoms with van der Waals surface area (Å²) in [4.78, 5) is 19.9. The molecule has 0 unspecified atom stereocenters. The van der Waals surface area contributed by atoms with Crippen LogP contribution in [0.3, 0.4) is 0 Å². The number of nitrogens with one attached hydrogen (secondary N) is 1. The van der Waals surface area contributed by atoms with E-state index in [2.05, 4.69) is 9.97 Å². The lowest BCUT2D eigenvalue weighted by molar-refractivity contribution is 0.0501. The number of carbonyl (C=O) groups excluding carboxylic acids is 1. The molecule has 11 heteroatoms. The molecule has 0 bridgehead atoms. The number of fused-ring (bicyclic) bond motifs is 1. The van der Waals surface area contributed by atoms with Crippen molar-refractivity contribution in [2.75, 3.05) is 32.9 Å². The average molecular weight is 483 g/mol. The molecule has 10 nitrogen and oxygen atoms in total. The zero-order valence-corrected chi connectivity index (χ0v) is 19.1. The molecule has 176 valence electrons. The number of H-pyrrole nitrogens is 1. The first-order chi connectivity index (χ1) is 16.3. The van der Waals surface area contributed by atoms with Crippen LogP contribution in [0.2, 0.25) is 0 Å². The van der Waals surface area contributed by atoms with Gasteiger partial charge in [-0.2, -0.15) is 9.57 Å². The molecular weight excluding hydrogens is 460 g/mol. The van der Waals surface area contributed by atoms with Crippen molar-refractivity contribution in [1.29, 1.82) is 5.26 Å². The maximum Gasteiger partial charge on any atom is 0.338 e. The minimum Gasteiger partial charge on any atom is -0.507 e. The lowest BCUT2D eigenvalue weighted by Crippen LogP contribution is -2.40. The molecule has 2 aromatic carbocycles. The number of sulfonamides is 1. The van der Waals surface area contributed by atoms with E-state index in [-0.39, 0.29) is 34.9 Å². The first kappa shape index (κ1) is 23.4. The Labute approximate surface area is 196 Å². The van der Waals surface area contributed by atoms with Crippen LogP contribution in [-0.4, -0.2) is 66.7 Å². The molecule has 4 rings (SSSR count). The molecule has 2 heterocycles. The molecule has 0 amide bonds. The van der Waals surface area contributed by atoms with Crippen molar-refractivity contribution in [2.24, 2.45) is 0 Å². The Kier molecular flexibility index (Phi) is 6.65. The van der Waals surface area contributed by atoms with E-state index in [1.807, 2.05) is 6.07 Å². The number of carbonyl (C=O) groups is 1. The highest BCUT2D eigenvalue weighted by Crippen LogP contribution is 2.22. The molecule has 0 spiro atoms. The van der Waals surface area contributed by atoms with E-state index in [9.17, 15) is 23.6 Å². The van der Waals surface area contributed by atoms with Crippen molar-refractivity contribution < 1.29 is 27.8 Å². The van der Waals surface area contributed by atoms with Gasteiger partial charge in [-0.05, 0) is 36.8 Å². The normalized spacial score (nSPS) is 15.5. The predicted molar refractivity (Wildman–Crippen MR) is 122 cm³/mol. The van der Waals surface area contributed by atoms with Gasteiger partial charge in [0.1, 0.15) is 18.2 Å². The summed E-state index contributed by atoms with van der Waals surface area (Å²) >= 11 is 0. The number of aromatic amines is 1. The molecule has 0 aliphatic carbocycles. The van der Waals surface area contributed by atoms with Crippen LogP contribution >= 0.6 is 0 Å². The van der Waals surface area contributed by atoms with Gasteiger partial charge < -0.3 is 19.6 Å². The standard InChI is InChI=1S/C23H22N4O6S/c1-15-6-7-16(34(30,31)27-8-10-32-11-9-27)12-17(15)23(29)33-14-21(28)18(13-24)22-25-19-4-2-3-5-20(19)26-22/h2-7,12,28H,8-11,14H2,1H3,(H,25,26)/b21-18-. The van der Waals surface area contributed by atoms with Gasteiger partial charge in [-0.25, -0.2) is 18.2 Å². The van der Waals surface area contributed by atoms with Gasteiger partial charge in [-0.1, -0.05) is 18.2 Å². The number of imidazole rings is 1. The lowest BCUT2D eigenvalue weighted by Gasteiger charge is -2.26. The number of aliphatic hydroxyl groups excluding tert-OH is 1. The van der Waals surface area contributed by atoms with Crippen LogP contribution < -0.4 is 0 Å². The van der Waals surface area contributed by atoms with E-state index in [4.69, 9.17) is 9.47 Å². The van der Waals surface area contributed by atoms with Gasteiger partial charge in [0.05, 0.1) is 34.7 Å². The van der Waals surface area contributed by atoms with Gasteiger partial charge in [0.15, 0.2) is 11.6 Å². The summed E-state index contributed by atoms with van der Waals surface area (Å²) in [5, 5.41) is 19.9. The van der Waals surface area contributed by atoms with Gasteiger partial charge in [-0.3, -0.25) is 0 Å². The van der Waals surface area contributed by atoms with Gasteiger partial charge >= 0.3 is 5.97 Å². The molecule has 1 fully saturated rings. The number of allylic oxidation sites excluding steroid dienone is 1. The second-order valence-electron chi connectivity index (χ2n) is 7.61. The summed E-state index contributed by atoms with van der Waals surface area (Å²) < 4.78 is 37.5. The first-order valence-electron chi connectivity index (χ1n) is 10.4. The van der Waals surface area contributed by atoms with Gasteiger partial charge in [0.25, 0.3) is 0 Å². The number of aliphatic hydroxyl groups is 1. The Morgan fingerprint density at radius 2 is 2.00 bits per heavy atom. The second kappa shape index (κ2) is 9.64. The number of para-hydroxylation sites is 2. The van der Waals surface area contributed by atoms with Gasteiger partial charge in [0.2, 0.25) is 10.0 Å². The Bertz CT molecular complexity index is 1380. The number of nitriles is 1. The van der Waals surface area contributed by atoms with E-state index in [0.717, 1.165) is 0 Å². The van der Waals surface area contributed by atoms with Crippen LogP contribution in [0.1, 0.15) is 21.7 Å². The number of morpholine rings is 1. The van der Waals surface area contributed by atoms with Gasteiger partial charge in [0, 0.05) is 13.1 Å². The number of rotatable bonds is 6. The van der Waals surface area contributed by atoms with Crippen LogP contribution in [0.4, 0.5) is 0 Å². The topological polar surface area (TPSA) is 146 Å². The van der Waals surface area contributed by atoms with Crippen LogP contribution in [0, 0.1) is 18.3 Å². The fourth-order valence-electron chi connectivity index (χ4n) is 3.53. The van der Waals surface area contributed by atoms with Crippen LogP contribution in [-0.2, 0) is 19.5 Å². The molecule has 1 aliphatic rings. The molecule has 0 radical (unpaired) electrons. The van der Waals surface area contributed by atoms with Crippen LogP contribution in [0.15, 0.2) is 53.1 Å². The number of hydrogen-bond acceptors (Lipinski definition) is 8. The molecule has 1 saturated heterocycles. The molecule has 0 atom stereocenters. The average Bonchev–Trinajstić information content (AvgIpc) is 3.27. The monoisotopic (exact) mass is 482 g/mol. The third-order valence-corrected chi connectivity index (χ3v) is 7.30. The molecule has 1 aromatic heterocycles. The highest BCUT2D eigenvalue weighted by molar-refractivity contribution is 7.89. The summed E-state index contributed by atoms with van der Waals surface area (Å²) in [5.74, 6) is -1.17. The predicted octanol–water partition coefficient (Wildman–Crippen LogP) is 2.54. The number of hydrogen-bond donors (Lipinski definition) is 2. The number of esters is 1. The summed E-state index contributed by atoms with van der Waals surface area (Å²) in [6.07, 6.45) is 0. The van der Waals surface area contributed by atoms with Crippen molar-refractivity contribution >= 4 is 32.6 Å². The van der Waals surface area contributed by atoms with E-state index in [0.29, 0.717) is 29.8 Å². The van der Waals surface area contributed by atoms with E-state index in [1.165, 1.54) is 22.5 Å². The third-order valence-electron chi connectivity index (χ3n) is 5.40. The molecule has 34 heavy (non-hydrogen) atoms. The molecule has 0 saturated carbocycles. The van der Waals surface area contributed by atoms with Crippen LogP contribution in [0.25, 0.3) is 16.6 Å². The number of benzene rings is 2. The lowest BCUT2D eigenvalue weighted by atomic mass is 10.1. The zero-order chi connectivity index (χ0) is 24.3. The maximum absolute atomic E-state index is 12.9. The third kappa shape index (κ3) is 4.65. The van der Waals surface area contributed by atoms with E-state index >= 15 is 0 Å².